The molecule has 0 atom stereocenters. The zero-order chi connectivity index (χ0) is 14.3. The number of nitrogens with one attached hydrogen (secondary N) is 2. The van der Waals surface area contributed by atoms with Gasteiger partial charge >= 0.3 is 5.97 Å². The van der Waals surface area contributed by atoms with Crippen LogP contribution in [0.4, 0.5) is 20.4 Å². The lowest BCUT2D eigenvalue weighted by Gasteiger charge is -2.09. The number of hydrogen-bond donors (Lipinski definition) is 2. The predicted octanol–water partition coefficient (Wildman–Crippen LogP) is 2.16. The number of rotatable bonds is 7. The summed E-state index contributed by atoms with van der Waals surface area (Å²) in [6.45, 7) is 2.41. The molecule has 1 aromatic rings. The van der Waals surface area contributed by atoms with E-state index in [1.165, 1.54) is 7.05 Å². The van der Waals surface area contributed by atoms with Gasteiger partial charge in [-0.15, -0.1) is 0 Å². The standard InChI is InChI=1S/C12H17F2N3O2/c1-3-19-10(18)5-4-6-16-12-9(14)7-8(13)11(15-2)17-12/h7H,3-6H2,1-2H3,(H2,15,16,17). The highest BCUT2D eigenvalue weighted by Crippen LogP contribution is 2.18. The highest BCUT2D eigenvalue weighted by molar-refractivity contribution is 5.69. The van der Waals surface area contributed by atoms with Crippen LogP contribution in [-0.4, -0.2) is 31.2 Å². The summed E-state index contributed by atoms with van der Waals surface area (Å²) in [7, 11) is 1.49. The lowest BCUT2D eigenvalue weighted by molar-refractivity contribution is -0.143. The first-order chi connectivity index (χ1) is 9.08. The van der Waals surface area contributed by atoms with E-state index in [0.717, 1.165) is 6.07 Å². The molecule has 0 fully saturated rings. The molecule has 0 unspecified atom stereocenters. The minimum Gasteiger partial charge on any atom is -0.466 e. The Morgan fingerprint density at radius 1 is 1.37 bits per heavy atom. The Labute approximate surface area is 110 Å². The molecule has 0 aliphatic rings. The third-order valence-corrected chi connectivity index (χ3v) is 2.32. The van der Waals surface area contributed by atoms with Crippen molar-refractivity contribution >= 4 is 17.6 Å². The molecule has 19 heavy (non-hydrogen) atoms. The summed E-state index contributed by atoms with van der Waals surface area (Å²) < 4.78 is 31.3. The maximum Gasteiger partial charge on any atom is 0.305 e. The topological polar surface area (TPSA) is 63.2 Å². The molecule has 1 rings (SSSR count). The Kier molecular flexibility index (Phi) is 5.98. The number of anilines is 2. The van der Waals surface area contributed by atoms with E-state index in [-0.39, 0.29) is 24.0 Å². The summed E-state index contributed by atoms with van der Waals surface area (Å²) >= 11 is 0. The van der Waals surface area contributed by atoms with Crippen molar-refractivity contribution in [3.05, 3.63) is 17.7 Å². The molecule has 0 saturated carbocycles. The van der Waals surface area contributed by atoms with Crippen molar-refractivity contribution in [2.75, 3.05) is 30.8 Å². The van der Waals surface area contributed by atoms with Crippen molar-refractivity contribution in [2.24, 2.45) is 0 Å². The molecule has 0 bridgehead atoms. The second kappa shape index (κ2) is 7.50. The molecule has 0 radical (unpaired) electrons. The zero-order valence-corrected chi connectivity index (χ0v) is 10.9. The van der Waals surface area contributed by atoms with Crippen molar-refractivity contribution in [3.63, 3.8) is 0 Å². The van der Waals surface area contributed by atoms with Crippen LogP contribution in [0.15, 0.2) is 6.07 Å². The number of pyridine rings is 1. The van der Waals surface area contributed by atoms with E-state index in [0.29, 0.717) is 19.6 Å². The quantitative estimate of drug-likeness (QED) is 0.589. The molecule has 0 amide bonds. The maximum absolute atomic E-state index is 13.4. The molecule has 2 N–H and O–H groups in total. The van der Waals surface area contributed by atoms with Gasteiger partial charge in [0.15, 0.2) is 23.3 Å². The van der Waals surface area contributed by atoms with Crippen LogP contribution >= 0.6 is 0 Å². The van der Waals surface area contributed by atoms with Crippen LogP contribution in [0.2, 0.25) is 0 Å². The van der Waals surface area contributed by atoms with Gasteiger partial charge in [0.05, 0.1) is 6.61 Å². The first-order valence-corrected chi connectivity index (χ1v) is 6.01. The first kappa shape index (κ1) is 15.1. The molecule has 0 aliphatic heterocycles. The summed E-state index contributed by atoms with van der Waals surface area (Å²) in [6, 6.07) is 0.756. The smallest absolute Gasteiger partial charge is 0.305 e. The van der Waals surface area contributed by atoms with Crippen LogP contribution in [0, 0.1) is 11.6 Å². The molecular formula is C12H17F2N3O2. The van der Waals surface area contributed by atoms with Crippen molar-refractivity contribution in [1.29, 1.82) is 0 Å². The average molecular weight is 273 g/mol. The van der Waals surface area contributed by atoms with Crippen LogP contribution in [0.25, 0.3) is 0 Å². The Morgan fingerprint density at radius 3 is 2.68 bits per heavy atom. The van der Waals surface area contributed by atoms with Gasteiger partial charge in [0.25, 0.3) is 0 Å². The van der Waals surface area contributed by atoms with E-state index in [9.17, 15) is 13.6 Å². The van der Waals surface area contributed by atoms with E-state index in [1.54, 1.807) is 6.92 Å². The lowest BCUT2D eigenvalue weighted by atomic mass is 10.3. The molecule has 106 valence electrons. The number of carbonyl (C=O) groups is 1. The maximum atomic E-state index is 13.4. The van der Waals surface area contributed by atoms with E-state index in [2.05, 4.69) is 15.6 Å². The third-order valence-electron chi connectivity index (χ3n) is 2.32. The highest BCUT2D eigenvalue weighted by atomic mass is 19.1. The number of halogens is 2. The average Bonchev–Trinajstić information content (AvgIpc) is 2.37. The number of hydrogen-bond acceptors (Lipinski definition) is 5. The second-order valence-corrected chi connectivity index (χ2v) is 3.73. The van der Waals surface area contributed by atoms with Gasteiger partial charge in [-0.05, 0) is 13.3 Å². The first-order valence-electron chi connectivity index (χ1n) is 6.01. The Morgan fingerprint density at radius 2 is 2.05 bits per heavy atom. The van der Waals surface area contributed by atoms with Crippen LogP contribution < -0.4 is 10.6 Å². The molecule has 1 heterocycles. The molecule has 0 spiro atoms. The van der Waals surface area contributed by atoms with Gasteiger partial charge in [0, 0.05) is 26.1 Å². The van der Waals surface area contributed by atoms with E-state index in [1.807, 2.05) is 0 Å². The van der Waals surface area contributed by atoms with Crippen LogP contribution in [0.3, 0.4) is 0 Å². The van der Waals surface area contributed by atoms with Gasteiger partial charge in [0.1, 0.15) is 0 Å². The zero-order valence-electron chi connectivity index (χ0n) is 10.9. The molecule has 0 aliphatic carbocycles. The van der Waals surface area contributed by atoms with Crippen molar-refractivity contribution < 1.29 is 18.3 Å². The van der Waals surface area contributed by atoms with Gasteiger partial charge in [-0.2, -0.15) is 0 Å². The summed E-state index contributed by atoms with van der Waals surface area (Å²) in [5.41, 5.74) is 0. The van der Waals surface area contributed by atoms with Crippen LogP contribution in [-0.2, 0) is 9.53 Å². The largest absolute Gasteiger partial charge is 0.466 e. The van der Waals surface area contributed by atoms with Crippen molar-refractivity contribution in [2.45, 2.75) is 19.8 Å². The minimum absolute atomic E-state index is 0.0331. The fourth-order valence-corrected chi connectivity index (χ4v) is 1.44. The molecule has 7 heteroatoms. The predicted molar refractivity (Wildman–Crippen MR) is 68.1 cm³/mol. The van der Waals surface area contributed by atoms with E-state index in [4.69, 9.17) is 4.74 Å². The van der Waals surface area contributed by atoms with Gasteiger partial charge in [0.2, 0.25) is 0 Å². The fourth-order valence-electron chi connectivity index (χ4n) is 1.44. The monoisotopic (exact) mass is 273 g/mol. The highest BCUT2D eigenvalue weighted by Gasteiger charge is 2.10. The summed E-state index contributed by atoms with van der Waals surface area (Å²) in [5, 5.41) is 5.23. The second-order valence-electron chi connectivity index (χ2n) is 3.73. The van der Waals surface area contributed by atoms with Gasteiger partial charge < -0.3 is 15.4 Å². The van der Waals surface area contributed by atoms with Crippen molar-refractivity contribution in [1.82, 2.24) is 4.98 Å². The normalized spacial score (nSPS) is 10.1. The molecular weight excluding hydrogens is 256 g/mol. The van der Waals surface area contributed by atoms with Gasteiger partial charge in [-0.3, -0.25) is 4.79 Å². The van der Waals surface area contributed by atoms with Crippen LogP contribution in [0.5, 0.6) is 0 Å². The number of carbonyl (C=O) groups excluding carboxylic acids is 1. The lowest BCUT2D eigenvalue weighted by Crippen LogP contribution is -2.11. The molecule has 0 aromatic carbocycles. The minimum atomic E-state index is -0.771. The fraction of sp³-hybridized carbons (Fsp3) is 0.500. The van der Waals surface area contributed by atoms with E-state index >= 15 is 0 Å². The SMILES string of the molecule is CCOC(=O)CCCNc1nc(NC)c(F)cc1F. The third kappa shape index (κ3) is 4.69. The van der Waals surface area contributed by atoms with Gasteiger partial charge in [-0.1, -0.05) is 0 Å². The molecule has 5 nitrogen and oxygen atoms in total. The molecule has 0 saturated heterocycles. The summed E-state index contributed by atoms with van der Waals surface area (Å²) in [5.74, 6) is -1.90. The van der Waals surface area contributed by atoms with Gasteiger partial charge in [-0.25, -0.2) is 13.8 Å². The number of esters is 1. The number of ether oxygens (including phenoxy) is 1. The number of aromatic nitrogens is 1. The Balaban J connectivity index is 2.47. The van der Waals surface area contributed by atoms with Crippen molar-refractivity contribution in [3.8, 4) is 0 Å². The summed E-state index contributed by atoms with van der Waals surface area (Å²) in [4.78, 5) is 14.8. The summed E-state index contributed by atoms with van der Waals surface area (Å²) in [6.07, 6.45) is 0.717. The van der Waals surface area contributed by atoms with Crippen LogP contribution in [0.1, 0.15) is 19.8 Å². The Hall–Kier alpha value is -1.92. The van der Waals surface area contributed by atoms with E-state index < -0.39 is 11.6 Å². The number of nitrogens with zero attached hydrogens (tertiary/aromatic N) is 1. The Bertz CT molecular complexity index is 441. The molecule has 1 aromatic heterocycles.